The van der Waals surface area contributed by atoms with Crippen molar-refractivity contribution in [2.24, 2.45) is 0 Å². The number of hydrogen-bond donors (Lipinski definition) is 2. The molecule has 0 aliphatic carbocycles. The van der Waals surface area contributed by atoms with Crippen molar-refractivity contribution in [3.8, 4) is 5.75 Å². The van der Waals surface area contributed by atoms with Gasteiger partial charge in [-0.2, -0.15) is 0 Å². The number of esters is 1. The van der Waals surface area contributed by atoms with Crippen molar-refractivity contribution in [2.75, 3.05) is 13.7 Å². The molecule has 0 heterocycles. The molecule has 1 aromatic rings. The maximum atomic E-state index is 11.3. The van der Waals surface area contributed by atoms with E-state index in [0.29, 0.717) is 13.0 Å². The number of benzene rings is 1. The molecule has 0 aliphatic heterocycles. The Morgan fingerprint density at radius 3 is 2.59 bits per heavy atom. The number of phenols is 1. The van der Waals surface area contributed by atoms with Gasteiger partial charge in [-0.25, -0.2) is 0 Å². The Kier molecular flexibility index (Phi) is 5.49. The van der Waals surface area contributed by atoms with Gasteiger partial charge >= 0.3 is 5.97 Å². The van der Waals surface area contributed by atoms with Crippen LogP contribution in [0.3, 0.4) is 0 Å². The first-order valence-electron chi connectivity index (χ1n) is 5.76. The topological polar surface area (TPSA) is 58.6 Å². The van der Waals surface area contributed by atoms with Crippen molar-refractivity contribution in [1.29, 1.82) is 0 Å². The van der Waals surface area contributed by atoms with Crippen LogP contribution in [0, 0.1) is 0 Å². The van der Waals surface area contributed by atoms with Crippen molar-refractivity contribution >= 4 is 5.97 Å². The minimum Gasteiger partial charge on any atom is -0.508 e. The molecule has 0 fully saturated rings. The van der Waals surface area contributed by atoms with Crippen molar-refractivity contribution in [3.05, 3.63) is 29.8 Å². The standard InChI is InChI=1S/C13H19NO3/c1-3-12(13(16)17-2)14-9-8-10-4-6-11(15)7-5-10/h4-7,12,14-15H,3,8-9H2,1-2H3. The fraction of sp³-hybridized carbons (Fsp3) is 0.462. The van der Waals surface area contributed by atoms with Gasteiger partial charge in [0.15, 0.2) is 0 Å². The molecule has 1 unspecified atom stereocenters. The zero-order valence-corrected chi connectivity index (χ0v) is 10.3. The maximum absolute atomic E-state index is 11.3. The first kappa shape index (κ1) is 13.5. The van der Waals surface area contributed by atoms with Gasteiger partial charge in [0.1, 0.15) is 11.8 Å². The van der Waals surface area contributed by atoms with Crippen LogP contribution in [0.4, 0.5) is 0 Å². The number of nitrogens with one attached hydrogen (secondary N) is 1. The molecule has 0 spiro atoms. The second kappa shape index (κ2) is 6.91. The van der Waals surface area contributed by atoms with Crippen LogP contribution >= 0.6 is 0 Å². The Balaban J connectivity index is 2.36. The Labute approximate surface area is 102 Å². The number of methoxy groups -OCH3 is 1. The number of hydrogen-bond acceptors (Lipinski definition) is 4. The lowest BCUT2D eigenvalue weighted by Gasteiger charge is -2.14. The third kappa shape index (κ3) is 4.44. The second-order valence-corrected chi connectivity index (χ2v) is 3.85. The molecule has 1 rings (SSSR count). The van der Waals surface area contributed by atoms with E-state index in [-0.39, 0.29) is 17.8 Å². The van der Waals surface area contributed by atoms with E-state index in [1.54, 1.807) is 12.1 Å². The molecule has 0 amide bonds. The summed E-state index contributed by atoms with van der Waals surface area (Å²) in [6.07, 6.45) is 1.52. The molecular weight excluding hydrogens is 218 g/mol. The van der Waals surface area contributed by atoms with Gasteiger partial charge in [-0.3, -0.25) is 4.79 Å². The zero-order valence-electron chi connectivity index (χ0n) is 10.3. The highest BCUT2D eigenvalue weighted by Gasteiger charge is 2.15. The van der Waals surface area contributed by atoms with Gasteiger partial charge in [-0.05, 0) is 37.1 Å². The third-order valence-electron chi connectivity index (χ3n) is 2.63. The van der Waals surface area contributed by atoms with Crippen LogP contribution in [-0.4, -0.2) is 30.8 Å². The van der Waals surface area contributed by atoms with Crippen LogP contribution in [0.5, 0.6) is 5.75 Å². The molecular formula is C13H19NO3. The van der Waals surface area contributed by atoms with E-state index in [4.69, 9.17) is 5.11 Å². The quantitative estimate of drug-likeness (QED) is 0.736. The monoisotopic (exact) mass is 237 g/mol. The van der Waals surface area contributed by atoms with E-state index in [2.05, 4.69) is 10.1 Å². The summed E-state index contributed by atoms with van der Waals surface area (Å²) in [5.41, 5.74) is 1.12. The highest BCUT2D eigenvalue weighted by atomic mass is 16.5. The third-order valence-corrected chi connectivity index (χ3v) is 2.63. The first-order chi connectivity index (χ1) is 8.17. The summed E-state index contributed by atoms with van der Waals surface area (Å²) < 4.78 is 4.69. The van der Waals surface area contributed by atoms with Crippen LogP contribution in [0.25, 0.3) is 0 Å². The zero-order chi connectivity index (χ0) is 12.7. The molecule has 4 heteroatoms. The Morgan fingerprint density at radius 2 is 2.06 bits per heavy atom. The van der Waals surface area contributed by atoms with Gasteiger partial charge in [0.2, 0.25) is 0 Å². The predicted octanol–water partition coefficient (Wildman–Crippen LogP) is 1.48. The smallest absolute Gasteiger partial charge is 0.322 e. The summed E-state index contributed by atoms with van der Waals surface area (Å²) in [7, 11) is 1.40. The molecule has 0 saturated carbocycles. The van der Waals surface area contributed by atoms with Crippen molar-refractivity contribution < 1.29 is 14.6 Å². The van der Waals surface area contributed by atoms with Crippen LogP contribution in [0.2, 0.25) is 0 Å². The number of carbonyl (C=O) groups is 1. The van der Waals surface area contributed by atoms with Gasteiger partial charge in [0.25, 0.3) is 0 Å². The molecule has 0 bridgehead atoms. The molecule has 0 aromatic heterocycles. The van der Waals surface area contributed by atoms with Crippen LogP contribution in [0.1, 0.15) is 18.9 Å². The highest BCUT2D eigenvalue weighted by Crippen LogP contribution is 2.09. The molecule has 94 valence electrons. The number of carbonyl (C=O) groups excluding carboxylic acids is 1. The van der Waals surface area contributed by atoms with E-state index in [9.17, 15) is 4.79 Å². The molecule has 0 aliphatic rings. The highest BCUT2D eigenvalue weighted by molar-refractivity contribution is 5.75. The van der Waals surface area contributed by atoms with Gasteiger partial charge in [-0.15, -0.1) is 0 Å². The molecule has 1 atom stereocenters. The molecule has 0 radical (unpaired) electrons. The van der Waals surface area contributed by atoms with Crippen molar-refractivity contribution in [3.63, 3.8) is 0 Å². The molecule has 17 heavy (non-hydrogen) atoms. The summed E-state index contributed by atoms with van der Waals surface area (Å²) >= 11 is 0. The average Bonchev–Trinajstić information content (AvgIpc) is 2.36. The van der Waals surface area contributed by atoms with Crippen molar-refractivity contribution in [2.45, 2.75) is 25.8 Å². The SMILES string of the molecule is CCC(NCCc1ccc(O)cc1)C(=O)OC. The average molecular weight is 237 g/mol. The summed E-state index contributed by atoms with van der Waals surface area (Å²) in [5, 5.41) is 12.3. The molecule has 2 N–H and O–H groups in total. The maximum Gasteiger partial charge on any atom is 0.322 e. The minimum atomic E-state index is -0.239. The number of rotatable bonds is 6. The van der Waals surface area contributed by atoms with Crippen LogP contribution < -0.4 is 5.32 Å². The van der Waals surface area contributed by atoms with Gasteiger partial charge in [-0.1, -0.05) is 19.1 Å². The van der Waals surface area contributed by atoms with E-state index in [0.717, 1.165) is 12.0 Å². The summed E-state index contributed by atoms with van der Waals surface area (Å²) in [6, 6.07) is 6.82. The Morgan fingerprint density at radius 1 is 1.41 bits per heavy atom. The largest absolute Gasteiger partial charge is 0.508 e. The van der Waals surface area contributed by atoms with E-state index >= 15 is 0 Å². The number of aromatic hydroxyl groups is 1. The predicted molar refractivity (Wildman–Crippen MR) is 65.9 cm³/mol. The lowest BCUT2D eigenvalue weighted by molar-refractivity contribution is -0.143. The summed E-state index contributed by atoms with van der Waals surface area (Å²) in [6.45, 7) is 2.65. The molecule has 0 saturated heterocycles. The van der Waals surface area contributed by atoms with E-state index in [1.807, 2.05) is 19.1 Å². The molecule has 4 nitrogen and oxygen atoms in total. The fourth-order valence-electron chi connectivity index (χ4n) is 1.59. The van der Waals surface area contributed by atoms with Gasteiger partial charge in [0, 0.05) is 0 Å². The first-order valence-corrected chi connectivity index (χ1v) is 5.76. The second-order valence-electron chi connectivity index (χ2n) is 3.85. The Hall–Kier alpha value is -1.55. The summed E-state index contributed by atoms with van der Waals surface area (Å²) in [4.78, 5) is 11.3. The van der Waals surface area contributed by atoms with Crippen molar-refractivity contribution in [1.82, 2.24) is 5.32 Å². The fourth-order valence-corrected chi connectivity index (χ4v) is 1.59. The van der Waals surface area contributed by atoms with Gasteiger partial charge < -0.3 is 15.2 Å². The summed E-state index contributed by atoms with van der Waals surface area (Å²) in [5.74, 6) is 0.0425. The van der Waals surface area contributed by atoms with Gasteiger partial charge in [0.05, 0.1) is 7.11 Å². The van der Waals surface area contributed by atoms with Crippen LogP contribution in [-0.2, 0) is 16.0 Å². The lowest BCUT2D eigenvalue weighted by atomic mass is 10.1. The Bertz CT molecular complexity index is 348. The van der Waals surface area contributed by atoms with E-state index in [1.165, 1.54) is 7.11 Å². The molecule has 1 aromatic carbocycles. The minimum absolute atomic E-state index is 0.224. The van der Waals surface area contributed by atoms with E-state index < -0.39 is 0 Å². The van der Waals surface area contributed by atoms with Crippen LogP contribution in [0.15, 0.2) is 24.3 Å². The number of ether oxygens (including phenoxy) is 1. The number of phenolic OH excluding ortho intramolecular Hbond substituents is 1. The lowest BCUT2D eigenvalue weighted by Crippen LogP contribution is -2.38. The normalized spacial score (nSPS) is 12.1.